The van der Waals surface area contributed by atoms with Crippen molar-refractivity contribution in [2.45, 2.75) is 18.3 Å². The summed E-state index contributed by atoms with van der Waals surface area (Å²) >= 11 is 0.886. The van der Waals surface area contributed by atoms with Crippen LogP contribution in [0.15, 0.2) is 30.3 Å². The Morgan fingerprint density at radius 2 is 1.87 bits per heavy atom. The second-order valence-corrected chi connectivity index (χ2v) is 6.64. The molecule has 0 unspecified atom stereocenters. The highest BCUT2D eigenvalue weighted by Crippen LogP contribution is 2.48. The van der Waals surface area contributed by atoms with Crippen LogP contribution in [-0.4, -0.2) is 23.5 Å². The van der Waals surface area contributed by atoms with Crippen molar-refractivity contribution in [2.24, 2.45) is 0 Å². The van der Waals surface area contributed by atoms with E-state index in [4.69, 9.17) is 5.11 Å². The molecule has 1 aromatic heterocycles. The summed E-state index contributed by atoms with van der Waals surface area (Å²) in [5.74, 6) is -2.72. The number of nitrogens with one attached hydrogen (secondary N) is 1. The van der Waals surface area contributed by atoms with E-state index in [9.17, 15) is 18.4 Å². The van der Waals surface area contributed by atoms with E-state index in [0.29, 0.717) is 18.4 Å². The molecule has 7 heteroatoms. The molecule has 1 aromatic carbocycles. The minimum absolute atomic E-state index is 0.0841. The topological polar surface area (TPSA) is 66.4 Å². The Kier molecular flexibility index (Phi) is 3.89. The van der Waals surface area contributed by atoms with Crippen LogP contribution in [0.2, 0.25) is 0 Å². The molecule has 2 N–H and O–H groups in total. The van der Waals surface area contributed by atoms with Gasteiger partial charge in [-0.25, -0.2) is 13.6 Å². The Morgan fingerprint density at radius 1 is 1.17 bits per heavy atom. The fourth-order valence-corrected chi connectivity index (χ4v) is 3.28. The quantitative estimate of drug-likeness (QED) is 0.880. The van der Waals surface area contributed by atoms with Crippen LogP contribution in [0, 0.1) is 11.6 Å². The summed E-state index contributed by atoms with van der Waals surface area (Å²) in [5.41, 5.74) is -0.100. The van der Waals surface area contributed by atoms with Gasteiger partial charge in [-0.05, 0) is 36.6 Å². The fourth-order valence-electron chi connectivity index (χ4n) is 2.52. The third-order valence-corrected chi connectivity index (χ3v) is 5.06. The molecule has 120 valence electrons. The van der Waals surface area contributed by atoms with E-state index in [-0.39, 0.29) is 16.3 Å². The molecule has 0 radical (unpaired) electrons. The first-order valence-electron chi connectivity index (χ1n) is 6.98. The van der Waals surface area contributed by atoms with Crippen LogP contribution in [0.25, 0.3) is 0 Å². The number of rotatable bonds is 5. The Morgan fingerprint density at radius 3 is 2.43 bits per heavy atom. The number of thiophene rings is 1. The molecule has 1 amide bonds. The number of hydrogen-bond donors (Lipinski definition) is 2. The smallest absolute Gasteiger partial charge is 0.345 e. The van der Waals surface area contributed by atoms with Crippen LogP contribution in [0.4, 0.5) is 8.78 Å². The van der Waals surface area contributed by atoms with Gasteiger partial charge in [0.25, 0.3) is 5.91 Å². The van der Waals surface area contributed by atoms with E-state index in [1.165, 1.54) is 24.3 Å². The molecule has 3 rings (SSSR count). The summed E-state index contributed by atoms with van der Waals surface area (Å²) in [4.78, 5) is 23.3. The maximum absolute atomic E-state index is 13.9. The number of amides is 1. The normalized spacial score (nSPS) is 15.2. The summed E-state index contributed by atoms with van der Waals surface area (Å²) in [5, 5.41) is 11.6. The van der Waals surface area contributed by atoms with Crippen LogP contribution in [-0.2, 0) is 5.41 Å². The minimum Gasteiger partial charge on any atom is -0.477 e. The van der Waals surface area contributed by atoms with Crippen molar-refractivity contribution in [1.82, 2.24) is 5.32 Å². The zero-order valence-electron chi connectivity index (χ0n) is 11.9. The lowest BCUT2D eigenvalue weighted by molar-refractivity contribution is 0.0702. The number of carboxylic acid groups (broad SMARTS) is 1. The largest absolute Gasteiger partial charge is 0.477 e. The van der Waals surface area contributed by atoms with Crippen LogP contribution in [0.1, 0.15) is 37.7 Å². The first-order valence-corrected chi connectivity index (χ1v) is 7.80. The molecule has 0 spiro atoms. The van der Waals surface area contributed by atoms with Gasteiger partial charge in [-0.1, -0.05) is 6.07 Å². The summed E-state index contributed by atoms with van der Waals surface area (Å²) < 4.78 is 26.9. The van der Waals surface area contributed by atoms with Crippen LogP contribution >= 0.6 is 11.3 Å². The molecular weight excluding hydrogens is 324 g/mol. The van der Waals surface area contributed by atoms with Crippen molar-refractivity contribution < 1.29 is 23.5 Å². The summed E-state index contributed by atoms with van der Waals surface area (Å²) in [6.45, 7) is 0.231. The van der Waals surface area contributed by atoms with Crippen molar-refractivity contribution in [3.8, 4) is 0 Å². The molecule has 23 heavy (non-hydrogen) atoms. The predicted molar refractivity (Wildman–Crippen MR) is 80.9 cm³/mol. The Labute approximate surface area is 134 Å². The number of carboxylic acids is 1. The molecule has 1 heterocycles. The molecule has 0 atom stereocenters. The summed E-state index contributed by atoms with van der Waals surface area (Å²) in [7, 11) is 0. The van der Waals surface area contributed by atoms with E-state index in [1.807, 2.05) is 0 Å². The molecule has 2 aromatic rings. The first kappa shape index (κ1) is 15.6. The lowest BCUT2D eigenvalue weighted by Gasteiger charge is -2.17. The molecule has 1 aliphatic carbocycles. The van der Waals surface area contributed by atoms with Gasteiger partial charge >= 0.3 is 5.97 Å². The zero-order chi connectivity index (χ0) is 16.6. The number of benzene rings is 1. The average Bonchev–Trinajstić information content (AvgIpc) is 3.10. The van der Waals surface area contributed by atoms with E-state index < -0.39 is 28.9 Å². The van der Waals surface area contributed by atoms with Gasteiger partial charge in [-0.2, -0.15) is 0 Å². The van der Waals surface area contributed by atoms with Crippen LogP contribution in [0.5, 0.6) is 0 Å². The van der Waals surface area contributed by atoms with E-state index in [2.05, 4.69) is 5.32 Å². The second-order valence-electron chi connectivity index (χ2n) is 5.56. The number of halogens is 2. The number of hydrogen-bond acceptors (Lipinski definition) is 3. The summed E-state index contributed by atoms with van der Waals surface area (Å²) in [6, 6.07) is 6.28. The molecule has 0 saturated heterocycles. The molecule has 4 nitrogen and oxygen atoms in total. The second kappa shape index (κ2) is 5.73. The maximum atomic E-state index is 13.9. The number of aromatic carboxylic acids is 1. The molecule has 0 bridgehead atoms. The predicted octanol–water partition coefficient (Wildman–Crippen LogP) is 3.19. The minimum atomic E-state index is -1.08. The zero-order valence-corrected chi connectivity index (χ0v) is 12.8. The van der Waals surface area contributed by atoms with Crippen LogP contribution in [0.3, 0.4) is 0 Å². The number of carbonyl (C=O) groups is 2. The van der Waals surface area contributed by atoms with Crippen molar-refractivity contribution in [1.29, 1.82) is 0 Å². The van der Waals surface area contributed by atoms with Gasteiger partial charge in [0.2, 0.25) is 0 Å². The Bertz CT molecular complexity index is 783. The highest BCUT2D eigenvalue weighted by Gasteiger charge is 2.46. The van der Waals surface area contributed by atoms with E-state index >= 15 is 0 Å². The van der Waals surface area contributed by atoms with E-state index in [0.717, 1.165) is 17.4 Å². The molecule has 1 saturated carbocycles. The third kappa shape index (κ3) is 3.10. The Balaban J connectivity index is 1.69. The highest BCUT2D eigenvalue weighted by molar-refractivity contribution is 7.15. The molecule has 1 aliphatic rings. The van der Waals surface area contributed by atoms with Gasteiger partial charge in [0.1, 0.15) is 16.5 Å². The lowest BCUT2D eigenvalue weighted by atomic mass is 9.95. The van der Waals surface area contributed by atoms with Crippen LogP contribution < -0.4 is 5.32 Å². The van der Waals surface area contributed by atoms with Gasteiger partial charge in [-0.15, -0.1) is 11.3 Å². The monoisotopic (exact) mass is 337 g/mol. The highest BCUT2D eigenvalue weighted by atomic mass is 32.1. The fraction of sp³-hybridized carbons (Fsp3) is 0.250. The Hall–Kier alpha value is -2.28. The number of carbonyl (C=O) groups excluding carboxylic acids is 1. The summed E-state index contributed by atoms with van der Waals surface area (Å²) in [6.07, 6.45) is 1.42. The van der Waals surface area contributed by atoms with Gasteiger partial charge < -0.3 is 10.4 Å². The maximum Gasteiger partial charge on any atom is 0.345 e. The van der Waals surface area contributed by atoms with Gasteiger partial charge in [0.05, 0.1) is 4.88 Å². The van der Waals surface area contributed by atoms with E-state index in [1.54, 1.807) is 0 Å². The standard InChI is InChI=1S/C16H13F2NO3S/c17-9-1-2-10(11(18)7-9)16(5-6-16)8-19-14(20)12-3-4-13(23-12)15(21)22/h1-4,7H,5-6,8H2,(H,19,20)(H,21,22). The molecule has 0 aliphatic heterocycles. The SMILES string of the molecule is O=C(O)c1ccc(C(=O)NCC2(c3ccc(F)cc3F)CC2)s1. The van der Waals surface area contributed by atoms with Crippen molar-refractivity contribution in [3.05, 3.63) is 57.3 Å². The molecular formula is C16H13F2NO3S. The van der Waals surface area contributed by atoms with Gasteiger partial charge in [-0.3, -0.25) is 4.79 Å². The first-order chi connectivity index (χ1) is 10.9. The van der Waals surface area contributed by atoms with Gasteiger partial charge in [0, 0.05) is 18.0 Å². The average molecular weight is 337 g/mol. The molecule has 1 fully saturated rings. The van der Waals surface area contributed by atoms with Crippen molar-refractivity contribution >= 4 is 23.2 Å². The lowest BCUT2D eigenvalue weighted by Crippen LogP contribution is -2.32. The van der Waals surface area contributed by atoms with Crippen molar-refractivity contribution in [2.75, 3.05) is 6.54 Å². The van der Waals surface area contributed by atoms with Gasteiger partial charge in [0.15, 0.2) is 0 Å². The third-order valence-electron chi connectivity index (χ3n) is 3.98. The van der Waals surface area contributed by atoms with Crippen molar-refractivity contribution in [3.63, 3.8) is 0 Å².